The van der Waals surface area contributed by atoms with E-state index >= 15 is 0 Å². The maximum atomic E-state index is 9.76. The molecular weight excluding hydrogens is 156 g/mol. The largest absolute Gasteiger partial charge is 0.278 e. The Labute approximate surface area is 70.5 Å². The minimum absolute atomic E-state index is 0.418. The van der Waals surface area contributed by atoms with Crippen molar-refractivity contribution in [3.63, 3.8) is 0 Å². The quantitative estimate of drug-likeness (QED) is 0.377. The van der Waals surface area contributed by atoms with Gasteiger partial charge in [0.2, 0.25) is 6.41 Å². The Morgan fingerprint density at radius 3 is 2.75 bits per heavy atom. The Morgan fingerprint density at radius 2 is 2.08 bits per heavy atom. The van der Waals surface area contributed by atoms with Crippen molar-refractivity contribution >= 4 is 6.41 Å². The van der Waals surface area contributed by atoms with Crippen LogP contribution in [0.1, 0.15) is 5.56 Å². The lowest BCUT2D eigenvalue weighted by Gasteiger charge is -2.02. The third kappa shape index (κ3) is 3.14. The first kappa shape index (κ1) is 8.70. The summed E-state index contributed by atoms with van der Waals surface area (Å²) in [6, 6.07) is 9.64. The normalized spacial score (nSPS) is 9.33. The summed E-state index contributed by atoms with van der Waals surface area (Å²) in [6.45, 7) is 0.418. The highest BCUT2D eigenvalue weighted by atomic mass is 16.7. The smallest absolute Gasteiger partial charge is 0.223 e. The van der Waals surface area contributed by atoms with Gasteiger partial charge in [0.05, 0.1) is 6.61 Å². The third-order valence-electron chi connectivity index (χ3n) is 1.27. The van der Waals surface area contributed by atoms with Gasteiger partial charge in [0.15, 0.2) is 0 Å². The van der Waals surface area contributed by atoms with Crippen molar-refractivity contribution in [2.45, 2.75) is 6.61 Å². The van der Waals surface area contributed by atoms with Gasteiger partial charge in [0.25, 0.3) is 0 Å². The van der Waals surface area contributed by atoms with Crippen LogP contribution in [0.4, 0.5) is 0 Å². The highest BCUT2D eigenvalue weighted by Crippen LogP contribution is 1.98. The van der Waals surface area contributed by atoms with Gasteiger partial charge in [-0.1, -0.05) is 30.3 Å². The second kappa shape index (κ2) is 5.29. The second-order valence-corrected chi connectivity index (χ2v) is 2.14. The lowest BCUT2D eigenvalue weighted by Crippen LogP contribution is -2.30. The fourth-order valence-corrected chi connectivity index (χ4v) is 0.759. The molecule has 0 heterocycles. The molecule has 0 unspecified atom stereocenters. The molecule has 0 atom stereocenters. The van der Waals surface area contributed by atoms with Gasteiger partial charge in [-0.25, -0.2) is 0 Å². The number of carbonyl (C=O) groups excluding carboxylic acids is 1. The molecule has 1 rings (SSSR count). The van der Waals surface area contributed by atoms with Crippen LogP contribution in [-0.4, -0.2) is 6.41 Å². The first-order valence-electron chi connectivity index (χ1n) is 3.53. The molecule has 0 aliphatic carbocycles. The van der Waals surface area contributed by atoms with Gasteiger partial charge in [-0.3, -0.25) is 15.1 Å². The molecule has 2 N–H and O–H groups in total. The van der Waals surface area contributed by atoms with Crippen LogP contribution in [-0.2, 0) is 16.2 Å². The maximum Gasteiger partial charge on any atom is 0.223 e. The average Bonchev–Trinajstić information content (AvgIpc) is 2.14. The molecule has 0 bridgehead atoms. The summed E-state index contributed by atoms with van der Waals surface area (Å²) < 4.78 is 0. The molecule has 12 heavy (non-hydrogen) atoms. The Bertz CT molecular complexity index is 226. The Morgan fingerprint density at radius 1 is 1.33 bits per heavy atom. The highest BCUT2D eigenvalue weighted by Gasteiger charge is 1.88. The van der Waals surface area contributed by atoms with E-state index in [1.165, 1.54) is 0 Å². The molecule has 0 aliphatic heterocycles. The standard InChI is InChI=1S/C8H10N2O2/c11-7-9-10-12-6-8-4-2-1-3-5-8/h1-5,7,10H,6H2,(H,9,11). The molecule has 0 spiro atoms. The zero-order valence-electron chi connectivity index (χ0n) is 6.49. The van der Waals surface area contributed by atoms with Crippen LogP contribution in [0.5, 0.6) is 0 Å². The number of hydrazine groups is 1. The molecule has 4 heteroatoms. The van der Waals surface area contributed by atoms with Crippen molar-refractivity contribution in [2.24, 2.45) is 0 Å². The number of hydrogen-bond donors (Lipinski definition) is 2. The Balaban J connectivity index is 2.20. The Hall–Kier alpha value is -1.39. The number of amides is 1. The van der Waals surface area contributed by atoms with E-state index < -0.39 is 0 Å². The van der Waals surface area contributed by atoms with Crippen LogP contribution >= 0.6 is 0 Å². The highest BCUT2D eigenvalue weighted by molar-refractivity contribution is 5.44. The van der Waals surface area contributed by atoms with E-state index in [9.17, 15) is 4.79 Å². The molecule has 1 aromatic rings. The molecular formula is C8H10N2O2. The number of benzene rings is 1. The summed E-state index contributed by atoms with van der Waals surface area (Å²) in [4.78, 5) is 14.6. The molecule has 0 saturated heterocycles. The fourth-order valence-electron chi connectivity index (χ4n) is 0.759. The van der Waals surface area contributed by atoms with Crippen LogP contribution in [0.2, 0.25) is 0 Å². The number of carbonyl (C=O) groups is 1. The molecule has 64 valence electrons. The molecule has 0 aliphatic rings. The van der Waals surface area contributed by atoms with Gasteiger partial charge < -0.3 is 0 Å². The van der Waals surface area contributed by atoms with Gasteiger partial charge in [-0.2, -0.15) is 0 Å². The van der Waals surface area contributed by atoms with E-state index in [-0.39, 0.29) is 0 Å². The average molecular weight is 166 g/mol. The van der Waals surface area contributed by atoms with Crippen molar-refractivity contribution in [2.75, 3.05) is 0 Å². The van der Waals surface area contributed by atoms with E-state index in [0.717, 1.165) is 5.56 Å². The molecule has 1 aromatic carbocycles. The van der Waals surface area contributed by atoms with Crippen LogP contribution in [0.15, 0.2) is 30.3 Å². The molecule has 0 aromatic heterocycles. The van der Waals surface area contributed by atoms with Crippen molar-refractivity contribution in [3.05, 3.63) is 35.9 Å². The number of nitrogens with one attached hydrogen (secondary N) is 2. The van der Waals surface area contributed by atoms with Crippen molar-refractivity contribution in [1.82, 2.24) is 11.0 Å². The predicted octanol–water partition coefficient (Wildman–Crippen LogP) is 0.369. The van der Waals surface area contributed by atoms with E-state index in [1.54, 1.807) is 0 Å². The van der Waals surface area contributed by atoms with E-state index in [0.29, 0.717) is 13.0 Å². The summed E-state index contributed by atoms with van der Waals surface area (Å²) in [6.07, 6.45) is 0.505. The third-order valence-corrected chi connectivity index (χ3v) is 1.27. The van der Waals surface area contributed by atoms with E-state index in [2.05, 4.69) is 11.0 Å². The lowest BCUT2D eigenvalue weighted by atomic mass is 10.2. The SMILES string of the molecule is O=CNNOCc1ccccc1. The molecule has 0 saturated carbocycles. The lowest BCUT2D eigenvalue weighted by molar-refractivity contribution is -0.115. The van der Waals surface area contributed by atoms with Crippen LogP contribution in [0, 0.1) is 0 Å². The maximum absolute atomic E-state index is 9.76. The topological polar surface area (TPSA) is 50.4 Å². The first-order valence-corrected chi connectivity index (χ1v) is 3.53. The van der Waals surface area contributed by atoms with Gasteiger partial charge in [-0.15, -0.1) is 5.59 Å². The van der Waals surface area contributed by atoms with Crippen LogP contribution < -0.4 is 11.0 Å². The van der Waals surface area contributed by atoms with Gasteiger partial charge in [0.1, 0.15) is 0 Å². The monoisotopic (exact) mass is 166 g/mol. The summed E-state index contributed by atoms with van der Waals surface area (Å²) in [5.74, 6) is 0. The zero-order chi connectivity index (χ0) is 8.65. The molecule has 0 fully saturated rings. The summed E-state index contributed by atoms with van der Waals surface area (Å²) in [7, 11) is 0. The van der Waals surface area contributed by atoms with Crippen molar-refractivity contribution < 1.29 is 9.63 Å². The summed E-state index contributed by atoms with van der Waals surface area (Å²) >= 11 is 0. The summed E-state index contributed by atoms with van der Waals surface area (Å²) in [5, 5.41) is 0. The molecule has 1 amide bonds. The molecule has 0 radical (unpaired) electrons. The van der Waals surface area contributed by atoms with E-state index in [1.807, 2.05) is 30.3 Å². The van der Waals surface area contributed by atoms with Crippen LogP contribution in [0.25, 0.3) is 0 Å². The number of rotatable bonds is 5. The van der Waals surface area contributed by atoms with Gasteiger partial charge in [-0.05, 0) is 5.56 Å². The summed E-state index contributed by atoms with van der Waals surface area (Å²) in [5.41, 5.74) is 5.47. The predicted molar refractivity (Wildman–Crippen MR) is 43.6 cm³/mol. The van der Waals surface area contributed by atoms with Gasteiger partial charge in [0, 0.05) is 0 Å². The van der Waals surface area contributed by atoms with Crippen molar-refractivity contribution in [3.8, 4) is 0 Å². The van der Waals surface area contributed by atoms with E-state index in [4.69, 9.17) is 4.84 Å². The first-order chi connectivity index (χ1) is 5.93. The second-order valence-electron chi connectivity index (χ2n) is 2.14. The minimum atomic E-state index is 0.418. The zero-order valence-corrected chi connectivity index (χ0v) is 6.49. The van der Waals surface area contributed by atoms with Crippen molar-refractivity contribution in [1.29, 1.82) is 0 Å². The Kier molecular flexibility index (Phi) is 3.83. The van der Waals surface area contributed by atoms with Crippen LogP contribution in [0.3, 0.4) is 0 Å². The number of hydrogen-bond acceptors (Lipinski definition) is 3. The minimum Gasteiger partial charge on any atom is -0.278 e. The fraction of sp³-hybridized carbons (Fsp3) is 0.125. The van der Waals surface area contributed by atoms with Gasteiger partial charge >= 0.3 is 0 Å². The molecule has 4 nitrogen and oxygen atoms in total.